The molecule has 124 valence electrons. The van der Waals surface area contributed by atoms with Crippen molar-refractivity contribution < 1.29 is 9.15 Å². The number of methoxy groups -OCH3 is 1. The molecule has 0 bridgehead atoms. The van der Waals surface area contributed by atoms with Crippen molar-refractivity contribution in [1.29, 1.82) is 0 Å². The Hall–Kier alpha value is -3.02. The summed E-state index contributed by atoms with van der Waals surface area (Å²) < 4.78 is 10.5. The molecule has 0 fully saturated rings. The van der Waals surface area contributed by atoms with E-state index in [2.05, 4.69) is 20.6 Å². The maximum atomic E-state index is 5.31. The lowest BCUT2D eigenvalue weighted by molar-refractivity contribution is 0.414. The molecule has 6 heteroatoms. The predicted molar refractivity (Wildman–Crippen MR) is 93.1 cm³/mol. The van der Waals surface area contributed by atoms with Gasteiger partial charge in [0, 0.05) is 18.3 Å². The maximum absolute atomic E-state index is 5.31. The normalized spacial score (nSPS) is 10.4. The van der Waals surface area contributed by atoms with Gasteiger partial charge in [-0.25, -0.2) is 4.98 Å². The van der Waals surface area contributed by atoms with E-state index in [-0.39, 0.29) is 0 Å². The van der Waals surface area contributed by atoms with Crippen LogP contribution in [-0.4, -0.2) is 17.1 Å². The van der Waals surface area contributed by atoms with Crippen molar-refractivity contribution in [2.45, 2.75) is 20.0 Å². The molecule has 0 amide bonds. The van der Waals surface area contributed by atoms with E-state index >= 15 is 0 Å². The molecule has 0 unspecified atom stereocenters. The summed E-state index contributed by atoms with van der Waals surface area (Å²) >= 11 is 0. The van der Waals surface area contributed by atoms with Crippen LogP contribution in [-0.2, 0) is 13.1 Å². The molecule has 2 heterocycles. The lowest BCUT2D eigenvalue weighted by Gasteiger charge is -2.09. The summed E-state index contributed by atoms with van der Waals surface area (Å²) in [6, 6.07) is 13.6. The maximum Gasteiger partial charge on any atom is 0.225 e. The summed E-state index contributed by atoms with van der Waals surface area (Å²) in [7, 11) is 1.66. The highest BCUT2D eigenvalue weighted by molar-refractivity contribution is 5.42. The number of nitrogens with one attached hydrogen (secondary N) is 2. The predicted octanol–water partition coefficient (Wildman–Crippen LogP) is 3.61. The fourth-order valence-electron chi connectivity index (χ4n) is 2.25. The number of aromatic nitrogens is 2. The van der Waals surface area contributed by atoms with Crippen LogP contribution in [0.25, 0.3) is 0 Å². The SMILES string of the molecule is COc1ccc(CNc2nc(C)cc(NCc3ccco3)n2)cc1. The molecule has 0 aliphatic heterocycles. The summed E-state index contributed by atoms with van der Waals surface area (Å²) in [5.41, 5.74) is 2.02. The van der Waals surface area contributed by atoms with Gasteiger partial charge < -0.3 is 19.8 Å². The first-order valence-electron chi connectivity index (χ1n) is 7.71. The Bertz CT molecular complexity index is 770. The van der Waals surface area contributed by atoms with Crippen molar-refractivity contribution in [1.82, 2.24) is 9.97 Å². The van der Waals surface area contributed by atoms with E-state index in [1.54, 1.807) is 13.4 Å². The number of hydrogen-bond acceptors (Lipinski definition) is 6. The first-order chi connectivity index (χ1) is 11.7. The molecule has 0 saturated carbocycles. The van der Waals surface area contributed by atoms with Crippen LogP contribution in [0.4, 0.5) is 11.8 Å². The molecule has 2 aromatic heterocycles. The van der Waals surface area contributed by atoms with Crippen molar-refractivity contribution in [3.8, 4) is 5.75 Å². The van der Waals surface area contributed by atoms with Crippen LogP contribution in [0.2, 0.25) is 0 Å². The van der Waals surface area contributed by atoms with Gasteiger partial charge in [0.05, 0.1) is 19.9 Å². The van der Waals surface area contributed by atoms with Crippen LogP contribution >= 0.6 is 0 Å². The second kappa shape index (κ2) is 7.50. The molecule has 0 atom stereocenters. The van der Waals surface area contributed by atoms with Gasteiger partial charge >= 0.3 is 0 Å². The number of hydrogen-bond donors (Lipinski definition) is 2. The van der Waals surface area contributed by atoms with Gasteiger partial charge in [-0.15, -0.1) is 0 Å². The van der Waals surface area contributed by atoms with E-state index in [9.17, 15) is 0 Å². The second-order valence-corrected chi connectivity index (χ2v) is 5.35. The molecular weight excluding hydrogens is 304 g/mol. The van der Waals surface area contributed by atoms with E-state index in [0.717, 1.165) is 28.6 Å². The van der Waals surface area contributed by atoms with Crippen LogP contribution in [0, 0.1) is 6.92 Å². The van der Waals surface area contributed by atoms with Gasteiger partial charge in [0.1, 0.15) is 17.3 Å². The van der Waals surface area contributed by atoms with Gasteiger partial charge in [0.2, 0.25) is 5.95 Å². The smallest absolute Gasteiger partial charge is 0.225 e. The molecule has 3 rings (SSSR count). The second-order valence-electron chi connectivity index (χ2n) is 5.35. The zero-order valence-corrected chi connectivity index (χ0v) is 13.7. The molecule has 0 aliphatic rings. The lowest BCUT2D eigenvalue weighted by Crippen LogP contribution is -2.08. The van der Waals surface area contributed by atoms with Crippen molar-refractivity contribution >= 4 is 11.8 Å². The van der Waals surface area contributed by atoms with E-state index in [4.69, 9.17) is 9.15 Å². The fraction of sp³-hybridized carbons (Fsp3) is 0.222. The highest BCUT2D eigenvalue weighted by atomic mass is 16.5. The third-order valence-corrected chi connectivity index (χ3v) is 3.49. The van der Waals surface area contributed by atoms with E-state index < -0.39 is 0 Å². The van der Waals surface area contributed by atoms with Gasteiger partial charge in [0.25, 0.3) is 0 Å². The minimum absolute atomic E-state index is 0.585. The molecule has 0 radical (unpaired) electrons. The molecule has 6 nitrogen and oxygen atoms in total. The Morgan fingerprint density at radius 1 is 1.04 bits per heavy atom. The van der Waals surface area contributed by atoms with E-state index in [1.165, 1.54) is 0 Å². The van der Waals surface area contributed by atoms with Crippen LogP contribution in [0.5, 0.6) is 5.75 Å². The van der Waals surface area contributed by atoms with Gasteiger partial charge in [-0.3, -0.25) is 0 Å². The molecule has 0 saturated heterocycles. The van der Waals surface area contributed by atoms with Gasteiger partial charge in [-0.2, -0.15) is 4.98 Å². The summed E-state index contributed by atoms with van der Waals surface area (Å²) in [5, 5.41) is 6.49. The largest absolute Gasteiger partial charge is 0.497 e. The molecule has 2 N–H and O–H groups in total. The zero-order chi connectivity index (χ0) is 16.8. The Balaban J connectivity index is 1.62. The minimum atomic E-state index is 0.585. The van der Waals surface area contributed by atoms with Crippen LogP contribution < -0.4 is 15.4 Å². The van der Waals surface area contributed by atoms with Crippen molar-refractivity contribution in [2.75, 3.05) is 17.7 Å². The summed E-state index contributed by atoms with van der Waals surface area (Å²) in [5.74, 6) is 3.05. The lowest BCUT2D eigenvalue weighted by atomic mass is 10.2. The summed E-state index contributed by atoms with van der Waals surface area (Å²) in [4.78, 5) is 8.90. The minimum Gasteiger partial charge on any atom is -0.497 e. The average molecular weight is 324 g/mol. The highest BCUT2D eigenvalue weighted by Crippen LogP contribution is 2.14. The van der Waals surface area contributed by atoms with E-state index in [0.29, 0.717) is 19.0 Å². The number of nitrogens with zero attached hydrogens (tertiary/aromatic N) is 2. The van der Waals surface area contributed by atoms with Gasteiger partial charge in [-0.05, 0) is 36.8 Å². The monoisotopic (exact) mass is 324 g/mol. The Morgan fingerprint density at radius 3 is 2.58 bits per heavy atom. The highest BCUT2D eigenvalue weighted by Gasteiger charge is 2.04. The van der Waals surface area contributed by atoms with E-state index in [1.807, 2.05) is 49.4 Å². The molecule has 1 aromatic carbocycles. The van der Waals surface area contributed by atoms with Crippen molar-refractivity contribution in [3.63, 3.8) is 0 Å². The topological polar surface area (TPSA) is 72.2 Å². The first-order valence-corrected chi connectivity index (χ1v) is 7.71. The third-order valence-electron chi connectivity index (χ3n) is 3.49. The number of benzene rings is 1. The third kappa shape index (κ3) is 4.25. The first kappa shape index (κ1) is 15.9. The number of rotatable bonds is 7. The average Bonchev–Trinajstić information content (AvgIpc) is 3.12. The molecule has 3 aromatic rings. The standard InChI is InChI=1S/C18H20N4O2/c1-13-10-17(19-12-16-4-3-9-24-16)22-18(21-13)20-11-14-5-7-15(23-2)8-6-14/h3-10H,11-12H2,1-2H3,(H2,19,20,21,22). The molecular formula is C18H20N4O2. The van der Waals surface area contributed by atoms with Crippen molar-refractivity contribution in [3.05, 3.63) is 65.7 Å². The van der Waals surface area contributed by atoms with Crippen LogP contribution in [0.1, 0.15) is 17.0 Å². The molecule has 0 aliphatic carbocycles. The van der Waals surface area contributed by atoms with Crippen LogP contribution in [0.15, 0.2) is 53.1 Å². The zero-order valence-electron chi connectivity index (χ0n) is 13.7. The van der Waals surface area contributed by atoms with Gasteiger partial charge in [0.15, 0.2) is 0 Å². The van der Waals surface area contributed by atoms with Crippen molar-refractivity contribution in [2.24, 2.45) is 0 Å². The Kier molecular flexibility index (Phi) is 4.96. The number of furan rings is 1. The summed E-state index contributed by atoms with van der Waals surface area (Å²) in [6.45, 7) is 3.17. The Morgan fingerprint density at radius 2 is 1.88 bits per heavy atom. The fourth-order valence-corrected chi connectivity index (χ4v) is 2.25. The van der Waals surface area contributed by atoms with Gasteiger partial charge in [-0.1, -0.05) is 12.1 Å². The number of aryl methyl sites for hydroxylation is 1. The van der Waals surface area contributed by atoms with Crippen LogP contribution in [0.3, 0.4) is 0 Å². The number of anilines is 2. The number of ether oxygens (including phenoxy) is 1. The summed E-state index contributed by atoms with van der Waals surface area (Å²) in [6.07, 6.45) is 1.66. The molecule has 0 spiro atoms. The molecule has 24 heavy (non-hydrogen) atoms. The Labute approximate surface area is 140 Å². The quantitative estimate of drug-likeness (QED) is 0.692.